The number of carbonyl (C=O) groups is 2. The van der Waals surface area contributed by atoms with Gasteiger partial charge >= 0.3 is 20.7 Å². The first-order chi connectivity index (χ1) is 16.4. The summed E-state index contributed by atoms with van der Waals surface area (Å²) in [6.45, 7) is 11.2. The van der Waals surface area contributed by atoms with Gasteiger partial charge in [-0.3, -0.25) is 4.79 Å². The molecule has 8 nitrogen and oxygen atoms in total. The number of esters is 1. The smallest absolute Gasteiger partial charge is 0.490 e. The van der Waals surface area contributed by atoms with Crippen molar-refractivity contribution in [3.63, 3.8) is 0 Å². The summed E-state index contributed by atoms with van der Waals surface area (Å²) < 4.78 is 29.8. The van der Waals surface area contributed by atoms with Crippen LogP contribution in [0.15, 0.2) is 24.3 Å². The first-order valence-electron chi connectivity index (χ1n) is 12.2. The lowest BCUT2D eigenvalue weighted by Gasteiger charge is -2.34. The lowest BCUT2D eigenvalue weighted by molar-refractivity contribution is -0.136. The van der Waals surface area contributed by atoms with Crippen LogP contribution in [-0.4, -0.2) is 52.3 Å². The molecule has 0 aromatic heterocycles. The van der Waals surface area contributed by atoms with Gasteiger partial charge in [-0.2, -0.15) is 0 Å². The Labute approximate surface area is 204 Å². The molecule has 192 valence electrons. The average molecular weight is 497 g/mol. The number of hydrogen-bond acceptors (Lipinski definition) is 7. The van der Waals surface area contributed by atoms with Gasteiger partial charge < -0.3 is 27.9 Å². The SMILES string of the molecule is CCCCOc1cc(/C=C/C(=O)O)ccc1OC(=O)C(CCCC)[Si](OCC)(OCC)OCC. The largest absolute Gasteiger partial charge is 0.515 e. The maximum absolute atomic E-state index is 13.5. The normalized spacial score (nSPS) is 12.6. The van der Waals surface area contributed by atoms with E-state index in [1.807, 2.05) is 27.7 Å². The Balaban J connectivity index is 3.32. The van der Waals surface area contributed by atoms with Gasteiger partial charge in [0.1, 0.15) is 5.54 Å². The Morgan fingerprint density at radius 2 is 1.56 bits per heavy atom. The number of rotatable bonds is 18. The molecule has 1 rings (SSSR count). The van der Waals surface area contributed by atoms with Crippen LogP contribution in [0.2, 0.25) is 5.54 Å². The molecule has 1 N–H and O–H groups in total. The summed E-state index contributed by atoms with van der Waals surface area (Å²) in [6, 6.07) is 4.95. The minimum atomic E-state index is -3.36. The van der Waals surface area contributed by atoms with Crippen molar-refractivity contribution in [1.29, 1.82) is 0 Å². The van der Waals surface area contributed by atoms with Crippen molar-refractivity contribution in [2.45, 2.75) is 72.3 Å². The van der Waals surface area contributed by atoms with Crippen LogP contribution in [0.1, 0.15) is 72.3 Å². The van der Waals surface area contributed by atoms with Gasteiger partial charge in [0.2, 0.25) is 0 Å². The summed E-state index contributed by atoms with van der Waals surface area (Å²) in [7, 11) is -3.36. The Bertz CT molecular complexity index is 763. The molecule has 0 radical (unpaired) electrons. The third-order valence-corrected chi connectivity index (χ3v) is 8.40. The van der Waals surface area contributed by atoms with Crippen LogP contribution in [0.5, 0.6) is 11.5 Å². The van der Waals surface area contributed by atoms with E-state index < -0.39 is 26.3 Å². The highest BCUT2D eigenvalue weighted by molar-refractivity contribution is 6.66. The molecule has 0 aliphatic carbocycles. The van der Waals surface area contributed by atoms with E-state index in [2.05, 4.69) is 6.92 Å². The van der Waals surface area contributed by atoms with Gasteiger partial charge in [0, 0.05) is 25.9 Å². The monoisotopic (exact) mass is 496 g/mol. The van der Waals surface area contributed by atoms with E-state index in [4.69, 9.17) is 27.9 Å². The molecule has 0 saturated carbocycles. The number of carbonyl (C=O) groups excluding carboxylic acids is 1. The van der Waals surface area contributed by atoms with E-state index in [0.717, 1.165) is 31.8 Å². The Hall–Kier alpha value is -2.20. The third kappa shape index (κ3) is 9.58. The zero-order chi connectivity index (χ0) is 25.4. The fourth-order valence-electron chi connectivity index (χ4n) is 3.38. The molecule has 0 fully saturated rings. The van der Waals surface area contributed by atoms with E-state index in [9.17, 15) is 9.59 Å². The second-order valence-electron chi connectivity index (χ2n) is 7.60. The molecule has 0 heterocycles. The minimum absolute atomic E-state index is 0.266. The van der Waals surface area contributed by atoms with Crippen LogP contribution in [0.4, 0.5) is 0 Å². The highest BCUT2D eigenvalue weighted by Gasteiger charge is 2.53. The highest BCUT2D eigenvalue weighted by atomic mass is 28.4. The van der Waals surface area contributed by atoms with Gasteiger partial charge in [-0.05, 0) is 57.4 Å². The van der Waals surface area contributed by atoms with Gasteiger partial charge in [0.15, 0.2) is 11.5 Å². The fourth-order valence-corrected chi connectivity index (χ4v) is 6.34. The zero-order valence-corrected chi connectivity index (χ0v) is 22.1. The van der Waals surface area contributed by atoms with E-state index in [0.29, 0.717) is 44.2 Å². The van der Waals surface area contributed by atoms with E-state index in [1.54, 1.807) is 18.2 Å². The maximum Gasteiger partial charge on any atom is 0.515 e. The molecule has 1 unspecified atom stereocenters. The number of unbranched alkanes of at least 4 members (excludes halogenated alkanes) is 2. The van der Waals surface area contributed by atoms with E-state index in [-0.39, 0.29) is 5.75 Å². The van der Waals surface area contributed by atoms with Gasteiger partial charge in [-0.15, -0.1) is 0 Å². The highest BCUT2D eigenvalue weighted by Crippen LogP contribution is 2.36. The summed E-state index contributed by atoms with van der Waals surface area (Å²) in [5, 5.41) is 8.91. The van der Waals surface area contributed by atoms with Gasteiger partial charge in [0.25, 0.3) is 0 Å². The second kappa shape index (κ2) is 16.4. The zero-order valence-electron chi connectivity index (χ0n) is 21.1. The molecule has 0 bridgehead atoms. The van der Waals surface area contributed by atoms with Crippen LogP contribution >= 0.6 is 0 Å². The topological polar surface area (TPSA) is 101 Å². The van der Waals surface area contributed by atoms with E-state index >= 15 is 0 Å². The number of benzene rings is 1. The Morgan fingerprint density at radius 3 is 2.09 bits per heavy atom. The first-order valence-corrected chi connectivity index (χ1v) is 14.0. The number of hydrogen-bond donors (Lipinski definition) is 1. The van der Waals surface area contributed by atoms with Crippen LogP contribution in [0.3, 0.4) is 0 Å². The van der Waals surface area contributed by atoms with Gasteiger partial charge in [0.05, 0.1) is 6.61 Å². The predicted molar refractivity (Wildman–Crippen MR) is 133 cm³/mol. The molecule has 0 spiro atoms. The molecule has 0 aliphatic heterocycles. The van der Waals surface area contributed by atoms with E-state index in [1.165, 1.54) is 6.08 Å². The predicted octanol–water partition coefficient (Wildman–Crippen LogP) is 5.48. The lowest BCUT2D eigenvalue weighted by Crippen LogP contribution is -2.53. The van der Waals surface area contributed by atoms with Crippen molar-refractivity contribution in [1.82, 2.24) is 0 Å². The van der Waals surface area contributed by atoms with Crippen molar-refractivity contribution in [2.24, 2.45) is 0 Å². The molecule has 9 heteroatoms. The summed E-state index contributed by atoms with van der Waals surface area (Å²) in [4.78, 5) is 24.4. The molecule has 34 heavy (non-hydrogen) atoms. The number of carboxylic acid groups (broad SMARTS) is 1. The van der Waals surface area contributed by atoms with Crippen molar-refractivity contribution in [3.8, 4) is 11.5 Å². The lowest BCUT2D eigenvalue weighted by atomic mass is 10.1. The average Bonchev–Trinajstić information content (AvgIpc) is 2.80. The van der Waals surface area contributed by atoms with Crippen LogP contribution in [0, 0.1) is 0 Å². The summed E-state index contributed by atoms with van der Waals surface area (Å²) >= 11 is 0. The standard InChI is InChI=1S/C25H40O8Si/c1-6-11-13-23(34(30-8-3,31-9-4)32-10-5)25(28)33-21-16-14-20(15-17-24(26)27)19-22(21)29-18-12-7-2/h14-17,19,23H,6-13,18H2,1-5H3,(H,26,27)/b17-15+. The third-order valence-electron chi connectivity index (χ3n) is 4.95. The maximum atomic E-state index is 13.5. The van der Waals surface area contributed by atoms with Crippen LogP contribution < -0.4 is 9.47 Å². The van der Waals surface area contributed by atoms with Crippen molar-refractivity contribution in [2.75, 3.05) is 26.4 Å². The van der Waals surface area contributed by atoms with Crippen molar-refractivity contribution < 1.29 is 37.4 Å². The number of aliphatic carboxylic acids is 1. The minimum Gasteiger partial charge on any atom is -0.490 e. The van der Waals surface area contributed by atoms with Crippen molar-refractivity contribution >= 4 is 26.8 Å². The van der Waals surface area contributed by atoms with Gasteiger partial charge in [-0.25, -0.2) is 4.79 Å². The first kappa shape index (κ1) is 29.8. The molecule has 1 aromatic rings. The summed E-state index contributed by atoms with van der Waals surface area (Å²) in [6.07, 6.45) is 6.49. The summed E-state index contributed by atoms with van der Waals surface area (Å²) in [5.41, 5.74) is -0.0553. The molecule has 0 aliphatic rings. The van der Waals surface area contributed by atoms with Crippen LogP contribution in [0.25, 0.3) is 6.08 Å². The molecule has 0 amide bonds. The molecule has 1 aromatic carbocycles. The molecular weight excluding hydrogens is 456 g/mol. The number of ether oxygens (including phenoxy) is 2. The Morgan fingerprint density at radius 1 is 0.941 bits per heavy atom. The Kier molecular flexibility index (Phi) is 14.4. The number of carboxylic acids is 1. The second-order valence-corrected chi connectivity index (χ2v) is 10.4. The molecular formula is C25H40O8Si. The summed E-state index contributed by atoms with van der Waals surface area (Å²) in [5.74, 6) is -0.890. The fraction of sp³-hybridized carbons (Fsp3) is 0.600. The van der Waals surface area contributed by atoms with Crippen molar-refractivity contribution in [3.05, 3.63) is 29.8 Å². The molecule has 1 atom stereocenters. The molecule has 0 saturated heterocycles. The van der Waals surface area contributed by atoms with Gasteiger partial charge in [-0.1, -0.05) is 39.2 Å². The quantitative estimate of drug-likeness (QED) is 0.0938. The van der Waals surface area contributed by atoms with Crippen LogP contribution in [-0.2, 0) is 22.9 Å².